The van der Waals surface area contributed by atoms with Gasteiger partial charge in [0.25, 0.3) is 5.91 Å². The maximum atomic E-state index is 13.6. The minimum atomic E-state index is -1.08. The van der Waals surface area contributed by atoms with Crippen molar-refractivity contribution in [3.05, 3.63) is 28.2 Å². The lowest BCUT2D eigenvalue weighted by atomic mass is 10.1. The van der Waals surface area contributed by atoms with Crippen LogP contribution in [0.5, 0.6) is 5.75 Å². The maximum Gasteiger partial charge on any atom is 0.252 e. The molecule has 0 aromatic heterocycles. The lowest BCUT2D eigenvalue weighted by Crippen LogP contribution is -2.44. The molecule has 0 aliphatic carbocycles. The molecule has 2 rings (SSSR count). The third-order valence-corrected chi connectivity index (χ3v) is 3.33. The van der Waals surface area contributed by atoms with Crippen LogP contribution in [-0.4, -0.2) is 31.3 Å². The van der Waals surface area contributed by atoms with E-state index in [1.165, 1.54) is 0 Å². The first kappa shape index (κ1) is 16.2. The number of nitrogens with one attached hydrogen (secondary N) is 1. The van der Waals surface area contributed by atoms with Gasteiger partial charge in [-0.3, -0.25) is 4.79 Å². The summed E-state index contributed by atoms with van der Waals surface area (Å²) in [7, 11) is 0. The van der Waals surface area contributed by atoms with Crippen LogP contribution in [0.1, 0.15) is 16.8 Å². The average Bonchev–Trinajstić information content (AvgIpc) is 2.34. The molecule has 1 heterocycles. The Morgan fingerprint density at radius 1 is 1.53 bits per heavy atom. The number of alkyl halides is 1. The Hall–Kier alpha value is -0.850. The van der Waals surface area contributed by atoms with Crippen LogP contribution in [-0.2, 0) is 0 Å². The number of amides is 1. The summed E-state index contributed by atoms with van der Waals surface area (Å²) in [5.41, 5.74) is 5.54. The highest BCUT2D eigenvalue weighted by atomic mass is 79.9. The van der Waals surface area contributed by atoms with Crippen molar-refractivity contribution in [1.82, 2.24) is 5.32 Å². The van der Waals surface area contributed by atoms with E-state index in [0.29, 0.717) is 18.7 Å². The molecule has 1 aliphatic rings. The zero-order valence-corrected chi connectivity index (χ0v) is 12.5. The van der Waals surface area contributed by atoms with Gasteiger partial charge in [0, 0.05) is 11.0 Å². The number of nitrogens with two attached hydrogens (primary N) is 1. The molecular formula is C12H15BrClFN2O2. The number of ether oxygens (including phenoxy) is 1. The predicted molar refractivity (Wildman–Crippen MR) is 76.7 cm³/mol. The van der Waals surface area contributed by atoms with Gasteiger partial charge in [-0.15, -0.1) is 12.4 Å². The van der Waals surface area contributed by atoms with Crippen molar-refractivity contribution >= 4 is 34.2 Å². The van der Waals surface area contributed by atoms with Crippen LogP contribution in [0.4, 0.5) is 4.39 Å². The van der Waals surface area contributed by atoms with Crippen LogP contribution in [0.15, 0.2) is 22.7 Å². The fraction of sp³-hybridized carbons (Fsp3) is 0.417. The summed E-state index contributed by atoms with van der Waals surface area (Å²) in [6, 6.07) is 4.93. The number of halogens is 3. The topological polar surface area (TPSA) is 64.4 Å². The zero-order chi connectivity index (χ0) is 13.1. The smallest absolute Gasteiger partial charge is 0.252 e. The molecule has 0 saturated carbocycles. The van der Waals surface area contributed by atoms with E-state index < -0.39 is 18.2 Å². The van der Waals surface area contributed by atoms with E-state index in [1.807, 2.05) is 0 Å². The Morgan fingerprint density at radius 3 is 2.89 bits per heavy atom. The number of carbonyl (C=O) groups excluding carboxylic acids is 1. The SMILES string of the molecule is Cl.NC(=O)c1cc(Br)ccc1O[C@@H]1CCNC[C@@H]1F. The molecule has 0 spiro atoms. The average molecular weight is 354 g/mol. The lowest BCUT2D eigenvalue weighted by molar-refractivity contribution is 0.0713. The second-order valence-electron chi connectivity index (χ2n) is 4.17. The standard InChI is InChI=1S/C12H14BrFN2O2.ClH/c13-7-1-2-10(8(5-7)12(15)17)18-11-3-4-16-6-9(11)14;/h1-2,5,9,11,16H,3-4,6H2,(H2,15,17);1H/t9-,11+;/m0./s1. The number of primary amides is 1. The summed E-state index contributed by atoms with van der Waals surface area (Å²) in [5.74, 6) is -0.254. The highest BCUT2D eigenvalue weighted by Gasteiger charge is 2.27. The van der Waals surface area contributed by atoms with Crippen LogP contribution < -0.4 is 15.8 Å². The van der Waals surface area contributed by atoms with Gasteiger partial charge in [0.05, 0.1) is 5.56 Å². The molecular weight excluding hydrogens is 338 g/mol. The predicted octanol–water partition coefficient (Wildman–Crippen LogP) is 2.05. The Morgan fingerprint density at radius 2 is 2.26 bits per heavy atom. The molecule has 106 valence electrons. The summed E-state index contributed by atoms with van der Waals surface area (Å²) in [5, 5.41) is 2.94. The molecule has 2 atom stereocenters. The van der Waals surface area contributed by atoms with Gasteiger partial charge in [0.1, 0.15) is 18.0 Å². The fourth-order valence-electron chi connectivity index (χ4n) is 1.89. The number of hydrogen-bond donors (Lipinski definition) is 2. The Balaban J connectivity index is 0.00000180. The molecule has 1 aromatic rings. The van der Waals surface area contributed by atoms with Crippen molar-refractivity contribution in [3.63, 3.8) is 0 Å². The normalized spacial score (nSPS) is 22.4. The van der Waals surface area contributed by atoms with Crippen molar-refractivity contribution in [2.75, 3.05) is 13.1 Å². The van der Waals surface area contributed by atoms with Crippen LogP contribution in [0.25, 0.3) is 0 Å². The molecule has 7 heteroatoms. The number of piperidine rings is 1. The molecule has 1 amide bonds. The molecule has 0 unspecified atom stereocenters. The van der Waals surface area contributed by atoms with E-state index in [1.54, 1.807) is 18.2 Å². The molecule has 0 bridgehead atoms. The number of benzene rings is 1. The van der Waals surface area contributed by atoms with Gasteiger partial charge in [-0.25, -0.2) is 4.39 Å². The number of hydrogen-bond acceptors (Lipinski definition) is 3. The van der Waals surface area contributed by atoms with E-state index in [9.17, 15) is 9.18 Å². The van der Waals surface area contributed by atoms with Crippen molar-refractivity contribution in [2.24, 2.45) is 5.73 Å². The lowest BCUT2D eigenvalue weighted by Gasteiger charge is -2.28. The van der Waals surface area contributed by atoms with Crippen molar-refractivity contribution in [3.8, 4) is 5.75 Å². The molecule has 1 fully saturated rings. The third-order valence-electron chi connectivity index (χ3n) is 2.83. The van der Waals surface area contributed by atoms with Gasteiger partial charge in [0.2, 0.25) is 0 Å². The van der Waals surface area contributed by atoms with Crippen LogP contribution in [0.3, 0.4) is 0 Å². The van der Waals surface area contributed by atoms with Gasteiger partial charge in [0.15, 0.2) is 0 Å². The Kier molecular flexibility index (Phi) is 6.03. The van der Waals surface area contributed by atoms with Gasteiger partial charge in [-0.2, -0.15) is 0 Å². The third kappa shape index (κ3) is 4.06. The van der Waals surface area contributed by atoms with Crippen LogP contribution in [0, 0.1) is 0 Å². The van der Waals surface area contributed by atoms with E-state index in [-0.39, 0.29) is 24.5 Å². The van der Waals surface area contributed by atoms with Crippen LogP contribution in [0.2, 0.25) is 0 Å². The van der Waals surface area contributed by atoms with E-state index in [0.717, 1.165) is 4.47 Å². The highest BCUT2D eigenvalue weighted by Crippen LogP contribution is 2.26. The van der Waals surface area contributed by atoms with Gasteiger partial charge in [-0.05, 0) is 31.2 Å². The van der Waals surface area contributed by atoms with Crippen molar-refractivity contribution in [1.29, 1.82) is 0 Å². The molecule has 1 aliphatic heterocycles. The molecule has 4 nitrogen and oxygen atoms in total. The summed E-state index contributed by atoms with van der Waals surface area (Å²) < 4.78 is 19.9. The van der Waals surface area contributed by atoms with Gasteiger partial charge < -0.3 is 15.8 Å². The highest BCUT2D eigenvalue weighted by molar-refractivity contribution is 9.10. The fourth-order valence-corrected chi connectivity index (χ4v) is 2.25. The summed E-state index contributed by atoms with van der Waals surface area (Å²) in [4.78, 5) is 11.3. The molecule has 0 radical (unpaired) electrons. The van der Waals surface area contributed by atoms with E-state index >= 15 is 0 Å². The van der Waals surface area contributed by atoms with E-state index in [4.69, 9.17) is 10.5 Å². The minimum Gasteiger partial charge on any atom is -0.486 e. The number of rotatable bonds is 3. The number of carbonyl (C=O) groups is 1. The Labute approximate surface area is 125 Å². The van der Waals surface area contributed by atoms with Gasteiger partial charge >= 0.3 is 0 Å². The second-order valence-corrected chi connectivity index (χ2v) is 5.09. The summed E-state index contributed by atoms with van der Waals surface area (Å²) in [6.45, 7) is 0.973. The zero-order valence-electron chi connectivity index (χ0n) is 10.1. The molecule has 1 aromatic carbocycles. The first-order valence-corrected chi connectivity index (χ1v) is 6.48. The van der Waals surface area contributed by atoms with Crippen LogP contribution >= 0.6 is 28.3 Å². The summed E-state index contributed by atoms with van der Waals surface area (Å²) >= 11 is 3.25. The minimum absolute atomic E-state index is 0. The first-order valence-electron chi connectivity index (χ1n) is 5.68. The maximum absolute atomic E-state index is 13.6. The largest absolute Gasteiger partial charge is 0.486 e. The quantitative estimate of drug-likeness (QED) is 0.874. The first-order chi connectivity index (χ1) is 8.58. The van der Waals surface area contributed by atoms with Gasteiger partial charge in [-0.1, -0.05) is 15.9 Å². The monoisotopic (exact) mass is 352 g/mol. The molecule has 3 N–H and O–H groups in total. The Bertz CT molecular complexity index is 461. The summed E-state index contributed by atoms with van der Waals surface area (Å²) in [6.07, 6.45) is -1.05. The molecule has 1 saturated heterocycles. The van der Waals surface area contributed by atoms with Crippen molar-refractivity contribution < 1.29 is 13.9 Å². The molecule has 19 heavy (non-hydrogen) atoms. The van der Waals surface area contributed by atoms with E-state index in [2.05, 4.69) is 21.2 Å². The second kappa shape index (κ2) is 7.07. The van der Waals surface area contributed by atoms with Crippen molar-refractivity contribution in [2.45, 2.75) is 18.7 Å².